The van der Waals surface area contributed by atoms with Gasteiger partial charge in [-0.2, -0.15) is 0 Å². The minimum absolute atomic E-state index is 0.596. The molecule has 0 aromatic carbocycles. The Balaban J connectivity index is 1.24. The van der Waals surface area contributed by atoms with Crippen LogP contribution in [0.2, 0.25) is 0 Å². The summed E-state index contributed by atoms with van der Waals surface area (Å²) in [5.41, 5.74) is 3.13. The van der Waals surface area contributed by atoms with E-state index in [1.165, 1.54) is 57.8 Å². The molecule has 0 radical (unpaired) electrons. The lowest BCUT2D eigenvalue weighted by Gasteiger charge is -2.62. The largest absolute Gasteiger partial charge is 0.0622 e. The molecule has 0 aromatic heterocycles. The molecule has 0 saturated heterocycles. The quantitative estimate of drug-likeness (QED) is 0.385. The fourth-order valence-electron chi connectivity index (χ4n) is 11.2. The van der Waals surface area contributed by atoms with Gasteiger partial charge >= 0.3 is 0 Å². The summed E-state index contributed by atoms with van der Waals surface area (Å²) in [5, 5.41) is 0. The standard InChI is InChI=1S/C34H60/c1-24(13-15-32(6)20-17-30(2,3)18-21-32)27-11-12-28-26-10-9-25-23-31(4,5)19-22-33(25,7)29(26)14-16-34(27,28)8/h24-29H,9-23H2,1-8H3/t24-,25+,26+,27-,28+,29+,33+,34-/m1/s1. The maximum absolute atomic E-state index is 2.78. The lowest BCUT2D eigenvalue weighted by atomic mass is 9.43. The van der Waals surface area contributed by atoms with Gasteiger partial charge in [-0.25, -0.2) is 0 Å². The van der Waals surface area contributed by atoms with Gasteiger partial charge in [-0.05, 0) is 159 Å². The zero-order valence-corrected chi connectivity index (χ0v) is 24.6. The summed E-state index contributed by atoms with van der Waals surface area (Å²) in [6.07, 6.45) is 22.6. The van der Waals surface area contributed by atoms with Gasteiger partial charge in [-0.3, -0.25) is 0 Å². The number of hydrogen-bond acceptors (Lipinski definition) is 0. The first-order valence-corrected chi connectivity index (χ1v) is 15.8. The minimum Gasteiger partial charge on any atom is -0.0622 e. The van der Waals surface area contributed by atoms with Crippen LogP contribution in [0.25, 0.3) is 0 Å². The van der Waals surface area contributed by atoms with Crippen molar-refractivity contribution < 1.29 is 0 Å². The third-order valence-corrected chi connectivity index (χ3v) is 14.0. The molecule has 0 aliphatic heterocycles. The average molecular weight is 469 g/mol. The lowest BCUT2D eigenvalue weighted by Crippen LogP contribution is -2.54. The van der Waals surface area contributed by atoms with Gasteiger partial charge in [0.15, 0.2) is 0 Å². The average Bonchev–Trinajstić information content (AvgIpc) is 3.12. The lowest BCUT2D eigenvalue weighted by molar-refractivity contribution is -0.129. The van der Waals surface area contributed by atoms with Crippen LogP contribution in [-0.4, -0.2) is 0 Å². The molecule has 8 atom stereocenters. The number of fused-ring (bicyclic) bond motifs is 5. The van der Waals surface area contributed by atoms with Crippen LogP contribution in [0.3, 0.4) is 0 Å². The highest BCUT2D eigenvalue weighted by Gasteiger charge is 2.61. The van der Waals surface area contributed by atoms with Crippen molar-refractivity contribution >= 4 is 0 Å². The Morgan fingerprint density at radius 2 is 1.26 bits per heavy atom. The molecule has 0 amide bonds. The predicted octanol–water partition coefficient (Wildman–Crippen LogP) is 10.7. The molecule has 5 aliphatic carbocycles. The molecule has 0 N–H and O–H groups in total. The highest BCUT2D eigenvalue weighted by Crippen LogP contribution is 2.69. The van der Waals surface area contributed by atoms with Crippen LogP contribution in [-0.2, 0) is 0 Å². The van der Waals surface area contributed by atoms with E-state index >= 15 is 0 Å². The van der Waals surface area contributed by atoms with E-state index in [4.69, 9.17) is 0 Å². The zero-order chi connectivity index (χ0) is 24.6. The fraction of sp³-hybridized carbons (Fsp3) is 1.00. The Labute approximate surface area is 214 Å². The maximum atomic E-state index is 2.78. The molecule has 0 aromatic rings. The van der Waals surface area contributed by atoms with E-state index < -0.39 is 0 Å². The zero-order valence-electron chi connectivity index (χ0n) is 24.6. The Morgan fingerprint density at radius 3 is 1.97 bits per heavy atom. The predicted molar refractivity (Wildman–Crippen MR) is 148 cm³/mol. The molecular formula is C34H60. The van der Waals surface area contributed by atoms with E-state index in [-0.39, 0.29) is 0 Å². The van der Waals surface area contributed by atoms with Gasteiger partial charge < -0.3 is 0 Å². The van der Waals surface area contributed by atoms with Crippen LogP contribution in [0.4, 0.5) is 0 Å². The smallest absolute Gasteiger partial charge is 0.0264 e. The molecule has 5 fully saturated rings. The van der Waals surface area contributed by atoms with Gasteiger partial charge in [-0.15, -0.1) is 0 Å². The van der Waals surface area contributed by atoms with Crippen molar-refractivity contribution in [1.29, 1.82) is 0 Å². The summed E-state index contributed by atoms with van der Waals surface area (Å²) in [5.74, 6) is 6.07. The normalized spacial score (nSPS) is 47.8. The van der Waals surface area contributed by atoms with Crippen LogP contribution in [0.15, 0.2) is 0 Å². The molecule has 5 rings (SSSR count). The molecule has 0 unspecified atom stereocenters. The molecule has 0 heterocycles. The molecule has 196 valence electrons. The molecule has 5 aliphatic rings. The molecule has 0 spiro atoms. The maximum Gasteiger partial charge on any atom is -0.0264 e. The van der Waals surface area contributed by atoms with E-state index in [9.17, 15) is 0 Å². The summed E-state index contributed by atoms with van der Waals surface area (Å²) in [6.45, 7) is 20.9. The Morgan fingerprint density at radius 1 is 0.618 bits per heavy atom. The Hall–Kier alpha value is 0. The van der Waals surface area contributed by atoms with Crippen LogP contribution >= 0.6 is 0 Å². The Kier molecular flexibility index (Phi) is 6.42. The van der Waals surface area contributed by atoms with E-state index in [0.29, 0.717) is 27.1 Å². The van der Waals surface area contributed by atoms with Crippen molar-refractivity contribution in [2.45, 2.75) is 152 Å². The summed E-state index contributed by atoms with van der Waals surface area (Å²) < 4.78 is 0. The first-order chi connectivity index (χ1) is 15.8. The SMILES string of the molecule is C[C@H](CCC1(C)CCC(C)(C)CC1)[C@H]1CC[C@H]2[C@@H]3CC[C@H]4CC(C)(C)CC[C@]4(C)[C@H]3CC[C@]12C. The van der Waals surface area contributed by atoms with Gasteiger partial charge in [0.2, 0.25) is 0 Å². The van der Waals surface area contributed by atoms with E-state index in [0.717, 1.165) is 35.5 Å². The van der Waals surface area contributed by atoms with Crippen molar-refractivity contribution in [3.8, 4) is 0 Å². The van der Waals surface area contributed by atoms with Crippen LogP contribution < -0.4 is 0 Å². The third-order valence-electron chi connectivity index (χ3n) is 14.0. The highest BCUT2D eigenvalue weighted by atomic mass is 14.7. The second kappa shape index (κ2) is 8.51. The highest BCUT2D eigenvalue weighted by molar-refractivity contribution is 5.10. The number of rotatable bonds is 4. The van der Waals surface area contributed by atoms with Gasteiger partial charge in [-0.1, -0.05) is 55.4 Å². The third kappa shape index (κ3) is 4.36. The molecule has 5 saturated carbocycles. The minimum atomic E-state index is 0.596. The summed E-state index contributed by atoms with van der Waals surface area (Å²) in [6, 6.07) is 0. The Bertz CT molecular complexity index is 733. The van der Waals surface area contributed by atoms with Crippen molar-refractivity contribution in [1.82, 2.24) is 0 Å². The molecule has 0 bridgehead atoms. The fourth-order valence-corrected chi connectivity index (χ4v) is 11.2. The van der Waals surface area contributed by atoms with Crippen LogP contribution in [0.5, 0.6) is 0 Å². The first kappa shape index (κ1) is 25.6. The second-order valence-electron chi connectivity index (χ2n) is 17.2. The van der Waals surface area contributed by atoms with Gasteiger partial charge in [0, 0.05) is 0 Å². The molecule has 0 nitrogen and oxygen atoms in total. The first-order valence-electron chi connectivity index (χ1n) is 15.8. The topological polar surface area (TPSA) is 0 Å². The molecule has 34 heavy (non-hydrogen) atoms. The summed E-state index contributed by atoms with van der Waals surface area (Å²) in [7, 11) is 0. The van der Waals surface area contributed by atoms with E-state index in [1.807, 2.05) is 0 Å². The van der Waals surface area contributed by atoms with Crippen LogP contribution in [0, 0.1) is 62.6 Å². The van der Waals surface area contributed by atoms with Gasteiger partial charge in [0.1, 0.15) is 0 Å². The molecular weight excluding hydrogens is 408 g/mol. The van der Waals surface area contributed by atoms with Crippen molar-refractivity contribution in [3.63, 3.8) is 0 Å². The van der Waals surface area contributed by atoms with E-state index in [1.54, 1.807) is 38.5 Å². The van der Waals surface area contributed by atoms with Crippen molar-refractivity contribution in [3.05, 3.63) is 0 Å². The number of hydrogen-bond donors (Lipinski definition) is 0. The van der Waals surface area contributed by atoms with Crippen LogP contribution in [0.1, 0.15) is 152 Å². The van der Waals surface area contributed by atoms with Gasteiger partial charge in [0.25, 0.3) is 0 Å². The van der Waals surface area contributed by atoms with Crippen molar-refractivity contribution in [2.75, 3.05) is 0 Å². The monoisotopic (exact) mass is 468 g/mol. The summed E-state index contributed by atoms with van der Waals surface area (Å²) >= 11 is 0. The summed E-state index contributed by atoms with van der Waals surface area (Å²) in [4.78, 5) is 0. The van der Waals surface area contributed by atoms with E-state index in [2.05, 4.69) is 55.4 Å². The second-order valence-corrected chi connectivity index (χ2v) is 17.2. The van der Waals surface area contributed by atoms with Gasteiger partial charge in [0.05, 0.1) is 0 Å². The molecule has 0 heteroatoms. The van der Waals surface area contributed by atoms with Crippen molar-refractivity contribution in [2.24, 2.45) is 62.6 Å².